The highest BCUT2D eigenvalue weighted by atomic mass is 17.2. The summed E-state index contributed by atoms with van der Waals surface area (Å²) in [5, 5.41) is 0. The van der Waals surface area contributed by atoms with E-state index in [1.807, 2.05) is 19.1 Å². The fourth-order valence-corrected chi connectivity index (χ4v) is 1.29. The van der Waals surface area contributed by atoms with Crippen molar-refractivity contribution in [1.29, 1.82) is 0 Å². The van der Waals surface area contributed by atoms with Crippen LogP contribution in [-0.2, 0) is 20.9 Å². The molecule has 0 aliphatic carbocycles. The zero-order valence-electron chi connectivity index (χ0n) is 9.56. The Kier molecular flexibility index (Phi) is 5.53. The summed E-state index contributed by atoms with van der Waals surface area (Å²) in [7, 11) is 1.55. The van der Waals surface area contributed by atoms with E-state index in [9.17, 15) is 4.79 Å². The van der Waals surface area contributed by atoms with Gasteiger partial charge in [-0.25, -0.2) is 4.79 Å². The molecule has 0 radical (unpaired) electrons. The summed E-state index contributed by atoms with van der Waals surface area (Å²) in [6.45, 7) is 2.61. The molecular weight excluding hydrogens is 208 g/mol. The first kappa shape index (κ1) is 12.7. The molecule has 1 rings (SSSR count). The molecule has 0 N–H and O–H groups in total. The van der Waals surface area contributed by atoms with Gasteiger partial charge < -0.3 is 4.74 Å². The van der Waals surface area contributed by atoms with Crippen molar-refractivity contribution >= 4 is 5.97 Å². The van der Waals surface area contributed by atoms with Crippen LogP contribution in [0.5, 0.6) is 0 Å². The smallest absolute Gasteiger partial charge is 0.373 e. The number of aryl methyl sites for hydroxylation is 1. The van der Waals surface area contributed by atoms with Gasteiger partial charge in [-0.1, -0.05) is 25.1 Å². The van der Waals surface area contributed by atoms with E-state index in [2.05, 4.69) is 4.89 Å². The number of hydrogen-bond acceptors (Lipinski definition) is 4. The highest BCUT2D eigenvalue weighted by Gasteiger charge is 2.11. The molecule has 0 spiro atoms. The Hall–Kier alpha value is -1.39. The zero-order valence-corrected chi connectivity index (χ0v) is 9.56. The van der Waals surface area contributed by atoms with Crippen molar-refractivity contribution in [2.24, 2.45) is 0 Å². The molecule has 1 aromatic rings. The maximum atomic E-state index is 11.6. The third kappa shape index (κ3) is 3.64. The molecule has 0 heterocycles. The van der Waals surface area contributed by atoms with Gasteiger partial charge in [0.25, 0.3) is 0 Å². The maximum absolute atomic E-state index is 11.6. The van der Waals surface area contributed by atoms with Crippen molar-refractivity contribution < 1.29 is 19.3 Å². The van der Waals surface area contributed by atoms with E-state index >= 15 is 0 Å². The normalized spacial score (nSPS) is 10.1. The predicted octanol–water partition coefficient (Wildman–Crippen LogP) is 1.98. The summed E-state index contributed by atoms with van der Waals surface area (Å²) in [5.74, 6) is -0.464. The van der Waals surface area contributed by atoms with Gasteiger partial charge in [-0.3, -0.25) is 4.89 Å². The van der Waals surface area contributed by atoms with E-state index in [0.29, 0.717) is 12.2 Å². The Bertz CT molecular complexity index is 336. The summed E-state index contributed by atoms with van der Waals surface area (Å²) < 4.78 is 4.76. The summed E-state index contributed by atoms with van der Waals surface area (Å²) in [4.78, 5) is 21.0. The van der Waals surface area contributed by atoms with Crippen molar-refractivity contribution in [3.63, 3.8) is 0 Å². The third-order valence-corrected chi connectivity index (χ3v) is 2.12. The molecule has 4 nitrogen and oxygen atoms in total. The van der Waals surface area contributed by atoms with Crippen molar-refractivity contribution in [1.82, 2.24) is 0 Å². The first-order chi connectivity index (χ1) is 7.79. The van der Waals surface area contributed by atoms with E-state index in [1.54, 1.807) is 19.2 Å². The Morgan fingerprint density at radius 3 is 2.69 bits per heavy atom. The second kappa shape index (κ2) is 6.98. The fourth-order valence-electron chi connectivity index (χ4n) is 1.29. The lowest BCUT2D eigenvalue weighted by Gasteiger charge is -2.06. The Morgan fingerprint density at radius 2 is 2.00 bits per heavy atom. The number of carbonyl (C=O) groups excluding carboxylic acids is 1. The number of rotatable bonds is 6. The zero-order chi connectivity index (χ0) is 11.8. The molecule has 0 bridgehead atoms. The van der Waals surface area contributed by atoms with Crippen molar-refractivity contribution in [2.45, 2.75) is 13.3 Å². The van der Waals surface area contributed by atoms with Crippen molar-refractivity contribution in [3.05, 3.63) is 35.4 Å². The lowest BCUT2D eigenvalue weighted by molar-refractivity contribution is -0.246. The van der Waals surface area contributed by atoms with Gasteiger partial charge >= 0.3 is 5.97 Å². The molecule has 0 aliphatic heterocycles. The number of benzene rings is 1. The highest BCUT2D eigenvalue weighted by Crippen LogP contribution is 2.10. The SMILES string of the molecule is CCc1ccccc1C(=O)OOCCOC. The van der Waals surface area contributed by atoms with E-state index in [-0.39, 0.29) is 6.61 Å². The van der Waals surface area contributed by atoms with E-state index in [4.69, 9.17) is 9.62 Å². The summed E-state index contributed by atoms with van der Waals surface area (Å²) in [6, 6.07) is 7.30. The first-order valence-electron chi connectivity index (χ1n) is 5.20. The molecule has 0 atom stereocenters. The Morgan fingerprint density at radius 1 is 1.25 bits per heavy atom. The number of hydrogen-bond donors (Lipinski definition) is 0. The van der Waals surface area contributed by atoms with Crippen LogP contribution in [0.3, 0.4) is 0 Å². The summed E-state index contributed by atoms with van der Waals surface area (Å²) >= 11 is 0. The fraction of sp³-hybridized carbons (Fsp3) is 0.417. The van der Waals surface area contributed by atoms with Gasteiger partial charge in [0.1, 0.15) is 6.61 Å². The molecule has 88 valence electrons. The van der Waals surface area contributed by atoms with Crippen LogP contribution in [-0.4, -0.2) is 26.3 Å². The summed E-state index contributed by atoms with van der Waals surface area (Å²) in [5.41, 5.74) is 1.49. The van der Waals surface area contributed by atoms with Crippen LogP contribution >= 0.6 is 0 Å². The molecule has 0 aliphatic rings. The van der Waals surface area contributed by atoms with Crippen LogP contribution in [0, 0.1) is 0 Å². The molecule has 0 fully saturated rings. The molecule has 0 saturated carbocycles. The number of carbonyl (C=O) groups is 1. The molecule has 1 aromatic carbocycles. The summed E-state index contributed by atoms with van der Waals surface area (Å²) in [6.07, 6.45) is 0.781. The van der Waals surface area contributed by atoms with Crippen LogP contribution in [0.1, 0.15) is 22.8 Å². The van der Waals surface area contributed by atoms with Crippen LogP contribution < -0.4 is 0 Å². The van der Waals surface area contributed by atoms with E-state index in [1.165, 1.54) is 0 Å². The van der Waals surface area contributed by atoms with E-state index in [0.717, 1.165) is 12.0 Å². The van der Waals surface area contributed by atoms with Crippen LogP contribution in [0.4, 0.5) is 0 Å². The number of ether oxygens (including phenoxy) is 1. The van der Waals surface area contributed by atoms with Gasteiger partial charge in [0.2, 0.25) is 0 Å². The van der Waals surface area contributed by atoms with Gasteiger partial charge in [-0.05, 0) is 18.1 Å². The quantitative estimate of drug-likeness (QED) is 0.421. The second-order valence-corrected chi connectivity index (χ2v) is 3.20. The standard InChI is InChI=1S/C12H16O4/c1-3-10-6-4-5-7-11(10)12(13)16-15-9-8-14-2/h4-7H,3,8-9H2,1-2H3. The van der Waals surface area contributed by atoms with Gasteiger partial charge in [0.15, 0.2) is 0 Å². The maximum Gasteiger partial charge on any atom is 0.373 e. The monoisotopic (exact) mass is 224 g/mol. The third-order valence-electron chi connectivity index (χ3n) is 2.12. The topological polar surface area (TPSA) is 44.8 Å². The molecule has 0 amide bonds. The van der Waals surface area contributed by atoms with Gasteiger partial charge in [0, 0.05) is 7.11 Å². The average Bonchev–Trinajstić information content (AvgIpc) is 2.34. The molecule has 0 unspecified atom stereocenters. The van der Waals surface area contributed by atoms with Crippen molar-refractivity contribution in [2.75, 3.05) is 20.3 Å². The van der Waals surface area contributed by atoms with Gasteiger partial charge in [-0.15, -0.1) is 0 Å². The first-order valence-corrected chi connectivity index (χ1v) is 5.20. The molecule has 0 saturated heterocycles. The Labute approximate surface area is 95.1 Å². The predicted molar refractivity (Wildman–Crippen MR) is 59.1 cm³/mol. The molecule has 4 heteroatoms. The molecular formula is C12H16O4. The lowest BCUT2D eigenvalue weighted by atomic mass is 10.1. The van der Waals surface area contributed by atoms with Crippen LogP contribution in [0.25, 0.3) is 0 Å². The minimum Gasteiger partial charge on any atom is -0.382 e. The second-order valence-electron chi connectivity index (χ2n) is 3.20. The average molecular weight is 224 g/mol. The lowest BCUT2D eigenvalue weighted by Crippen LogP contribution is -2.11. The minimum atomic E-state index is -0.464. The van der Waals surface area contributed by atoms with Crippen LogP contribution in [0.15, 0.2) is 24.3 Å². The molecule has 0 aromatic heterocycles. The highest BCUT2D eigenvalue weighted by molar-refractivity contribution is 5.90. The van der Waals surface area contributed by atoms with Gasteiger partial charge in [0.05, 0.1) is 12.2 Å². The van der Waals surface area contributed by atoms with Crippen LogP contribution in [0.2, 0.25) is 0 Å². The number of methoxy groups -OCH3 is 1. The molecule has 16 heavy (non-hydrogen) atoms. The Balaban J connectivity index is 2.52. The minimum absolute atomic E-state index is 0.233. The van der Waals surface area contributed by atoms with Crippen molar-refractivity contribution in [3.8, 4) is 0 Å². The largest absolute Gasteiger partial charge is 0.382 e. The van der Waals surface area contributed by atoms with Gasteiger partial charge in [-0.2, -0.15) is 4.89 Å². The van der Waals surface area contributed by atoms with E-state index < -0.39 is 5.97 Å².